The Morgan fingerprint density at radius 2 is 0.925 bits per heavy atom. The molecule has 0 amide bonds. The van der Waals surface area contributed by atoms with Crippen molar-refractivity contribution < 1.29 is 35.5 Å². The molecule has 5 rings (SSSR count). The minimum absolute atomic E-state index is 0.128. The molecular weight excluding hydrogens is 533 g/mol. The van der Waals surface area contributed by atoms with Gasteiger partial charge in [-0.25, -0.2) is 17.6 Å². The van der Waals surface area contributed by atoms with E-state index < -0.39 is 35.4 Å². The first kappa shape index (κ1) is 29.2. The third kappa shape index (κ3) is 6.62. The van der Waals surface area contributed by atoms with Crippen LogP contribution in [0.1, 0.15) is 118 Å². The second-order valence-corrected chi connectivity index (χ2v) is 12.4. The van der Waals surface area contributed by atoms with Gasteiger partial charge in [-0.05, 0) is 135 Å². The molecular formula is C32H37F7O. The Hall–Kier alpha value is -2.25. The Morgan fingerprint density at radius 1 is 0.550 bits per heavy atom. The van der Waals surface area contributed by atoms with Crippen molar-refractivity contribution in [3.63, 3.8) is 0 Å². The van der Waals surface area contributed by atoms with Crippen molar-refractivity contribution in [2.75, 3.05) is 0 Å². The molecule has 220 valence electrons. The second-order valence-electron chi connectivity index (χ2n) is 12.4. The summed E-state index contributed by atoms with van der Waals surface area (Å²) in [5, 5.41) is 0. The molecule has 8 heteroatoms. The Kier molecular flexibility index (Phi) is 8.72. The fourth-order valence-electron chi connectivity index (χ4n) is 7.65. The number of ether oxygens (including phenoxy) is 1. The monoisotopic (exact) mass is 570 g/mol. The SMILES string of the molecule is CC1CCC(c2cc(F)c(C3CCC(C4CCC(c5cc(F)c(OC(F)(F)F)c(F)c5)CC4)CC3)c(F)c2)CC1. The zero-order valence-corrected chi connectivity index (χ0v) is 22.8. The average Bonchev–Trinajstić information content (AvgIpc) is 2.90. The van der Waals surface area contributed by atoms with Crippen molar-refractivity contribution >= 4 is 0 Å². The van der Waals surface area contributed by atoms with Gasteiger partial charge in [-0.15, -0.1) is 13.2 Å². The van der Waals surface area contributed by atoms with E-state index in [0.29, 0.717) is 36.2 Å². The first-order valence-corrected chi connectivity index (χ1v) is 14.7. The van der Waals surface area contributed by atoms with Crippen molar-refractivity contribution in [3.05, 3.63) is 64.2 Å². The summed E-state index contributed by atoms with van der Waals surface area (Å²) in [7, 11) is 0. The van der Waals surface area contributed by atoms with Crippen LogP contribution in [0.3, 0.4) is 0 Å². The molecule has 0 N–H and O–H groups in total. The maximum Gasteiger partial charge on any atom is 0.573 e. The summed E-state index contributed by atoms with van der Waals surface area (Å²) in [5.41, 5.74) is 1.37. The van der Waals surface area contributed by atoms with Crippen LogP contribution >= 0.6 is 0 Å². The normalized spacial score (nSPS) is 29.8. The fourth-order valence-corrected chi connectivity index (χ4v) is 7.65. The van der Waals surface area contributed by atoms with Gasteiger partial charge in [0.2, 0.25) is 5.75 Å². The first-order chi connectivity index (χ1) is 19.0. The summed E-state index contributed by atoms with van der Waals surface area (Å²) in [4.78, 5) is 0. The van der Waals surface area contributed by atoms with E-state index >= 15 is 8.78 Å². The van der Waals surface area contributed by atoms with Crippen molar-refractivity contribution in [1.82, 2.24) is 0 Å². The lowest BCUT2D eigenvalue weighted by Gasteiger charge is -2.38. The first-order valence-electron chi connectivity index (χ1n) is 14.7. The second kappa shape index (κ2) is 11.9. The van der Waals surface area contributed by atoms with Gasteiger partial charge in [0.05, 0.1) is 0 Å². The highest BCUT2D eigenvalue weighted by Gasteiger charge is 2.36. The van der Waals surface area contributed by atoms with E-state index in [9.17, 15) is 22.0 Å². The molecule has 1 nitrogen and oxygen atoms in total. The highest BCUT2D eigenvalue weighted by atomic mass is 19.4. The summed E-state index contributed by atoms with van der Waals surface area (Å²) in [5.74, 6) is -3.45. The molecule has 3 aliphatic rings. The van der Waals surface area contributed by atoms with Gasteiger partial charge >= 0.3 is 6.36 Å². The van der Waals surface area contributed by atoms with Gasteiger partial charge < -0.3 is 4.74 Å². The molecule has 0 radical (unpaired) electrons. The minimum atomic E-state index is -5.17. The molecule has 0 atom stereocenters. The molecule has 0 aliphatic heterocycles. The van der Waals surface area contributed by atoms with Crippen LogP contribution in [0, 0.1) is 41.0 Å². The Morgan fingerprint density at radius 3 is 1.35 bits per heavy atom. The van der Waals surface area contributed by atoms with Crippen molar-refractivity contribution in [2.24, 2.45) is 17.8 Å². The van der Waals surface area contributed by atoms with E-state index in [-0.39, 0.29) is 23.3 Å². The Balaban J connectivity index is 1.15. The molecule has 0 spiro atoms. The quantitative estimate of drug-likeness (QED) is 0.325. The number of rotatable bonds is 5. The molecule has 0 heterocycles. The van der Waals surface area contributed by atoms with Crippen LogP contribution in [-0.2, 0) is 0 Å². The van der Waals surface area contributed by atoms with Gasteiger partial charge in [-0.2, -0.15) is 0 Å². The van der Waals surface area contributed by atoms with Crippen LogP contribution < -0.4 is 4.74 Å². The van der Waals surface area contributed by atoms with Gasteiger partial charge in [-0.3, -0.25) is 0 Å². The molecule has 3 aliphatic carbocycles. The van der Waals surface area contributed by atoms with E-state index in [2.05, 4.69) is 11.7 Å². The Bertz CT molecular complexity index is 1120. The molecule has 40 heavy (non-hydrogen) atoms. The zero-order chi connectivity index (χ0) is 28.6. The summed E-state index contributed by atoms with van der Waals surface area (Å²) in [6.07, 6.45) is 5.28. The topological polar surface area (TPSA) is 9.23 Å². The zero-order valence-electron chi connectivity index (χ0n) is 22.8. The van der Waals surface area contributed by atoms with E-state index in [1.807, 2.05) is 0 Å². The largest absolute Gasteiger partial charge is 0.573 e. The van der Waals surface area contributed by atoms with Crippen molar-refractivity contribution in [1.29, 1.82) is 0 Å². The number of alkyl halides is 3. The standard InChI is InChI=1S/C32H37F7O/c1-18-2-4-21(5-3-18)24-14-26(33)30(27(34)15-24)23-12-10-20(11-13-23)19-6-8-22(9-7-19)25-16-28(35)31(29(36)17-25)40-32(37,38)39/h14-23H,2-13H2,1H3. The molecule has 3 fully saturated rings. The van der Waals surface area contributed by atoms with Crippen LogP contribution in [-0.4, -0.2) is 6.36 Å². The highest BCUT2D eigenvalue weighted by Crippen LogP contribution is 2.47. The number of hydrogen-bond acceptors (Lipinski definition) is 1. The summed E-state index contributed by atoms with van der Waals surface area (Å²) < 4.78 is 99.6. The third-order valence-electron chi connectivity index (χ3n) is 9.92. The molecule has 2 aromatic rings. The van der Waals surface area contributed by atoms with Gasteiger partial charge in [-0.1, -0.05) is 19.8 Å². The average molecular weight is 571 g/mol. The maximum absolute atomic E-state index is 15.2. The van der Waals surface area contributed by atoms with Crippen molar-refractivity contribution in [3.8, 4) is 5.75 Å². The molecule has 0 saturated heterocycles. The van der Waals surface area contributed by atoms with Gasteiger partial charge in [0.15, 0.2) is 11.6 Å². The lowest BCUT2D eigenvalue weighted by molar-refractivity contribution is -0.276. The van der Waals surface area contributed by atoms with Crippen LogP contribution in [0.2, 0.25) is 0 Å². The maximum atomic E-state index is 15.2. The predicted molar refractivity (Wildman–Crippen MR) is 139 cm³/mol. The molecule has 0 bridgehead atoms. The number of benzene rings is 2. The van der Waals surface area contributed by atoms with Gasteiger partial charge in [0.25, 0.3) is 0 Å². The Labute approximate surface area is 231 Å². The predicted octanol–water partition coefficient (Wildman–Crippen LogP) is 10.7. The van der Waals surface area contributed by atoms with Crippen LogP contribution in [0.15, 0.2) is 24.3 Å². The van der Waals surface area contributed by atoms with E-state index in [0.717, 1.165) is 81.9 Å². The molecule has 0 unspecified atom stereocenters. The molecule has 3 saturated carbocycles. The number of halogens is 7. The van der Waals surface area contributed by atoms with Crippen LogP contribution in [0.5, 0.6) is 5.75 Å². The molecule has 2 aromatic carbocycles. The summed E-state index contributed by atoms with van der Waals surface area (Å²) in [6, 6.07) is 5.03. The lowest BCUT2D eigenvalue weighted by Crippen LogP contribution is -2.25. The summed E-state index contributed by atoms with van der Waals surface area (Å²) >= 11 is 0. The van der Waals surface area contributed by atoms with Crippen LogP contribution in [0.25, 0.3) is 0 Å². The van der Waals surface area contributed by atoms with E-state index in [1.165, 1.54) is 0 Å². The minimum Gasteiger partial charge on any atom is -0.399 e. The van der Waals surface area contributed by atoms with E-state index in [4.69, 9.17) is 0 Å². The van der Waals surface area contributed by atoms with Crippen molar-refractivity contribution in [2.45, 2.75) is 108 Å². The lowest BCUT2D eigenvalue weighted by atomic mass is 9.67. The van der Waals surface area contributed by atoms with Crippen LogP contribution in [0.4, 0.5) is 30.7 Å². The fraction of sp³-hybridized carbons (Fsp3) is 0.625. The number of hydrogen-bond donors (Lipinski definition) is 0. The smallest absolute Gasteiger partial charge is 0.399 e. The third-order valence-corrected chi connectivity index (χ3v) is 9.92. The summed E-state index contributed by atoms with van der Waals surface area (Å²) in [6.45, 7) is 2.23. The van der Waals surface area contributed by atoms with Gasteiger partial charge in [0.1, 0.15) is 11.6 Å². The van der Waals surface area contributed by atoms with Gasteiger partial charge in [0, 0.05) is 5.56 Å². The van der Waals surface area contributed by atoms with E-state index in [1.54, 1.807) is 12.1 Å². The molecule has 0 aromatic heterocycles. The highest BCUT2D eigenvalue weighted by molar-refractivity contribution is 5.34.